The fraction of sp³-hybridized carbons (Fsp3) is 0.0476. The number of carbonyl (C=O) groups is 1. The van der Waals surface area contributed by atoms with E-state index in [-0.39, 0.29) is 11.3 Å². The molecule has 1 amide bonds. The molecule has 3 aromatic carbocycles. The number of benzene rings is 3. The van der Waals surface area contributed by atoms with E-state index >= 15 is 0 Å². The molecule has 0 unspecified atom stereocenters. The summed E-state index contributed by atoms with van der Waals surface area (Å²) in [5, 5.41) is 14.8. The first kappa shape index (κ1) is 20.2. The van der Waals surface area contributed by atoms with Crippen molar-refractivity contribution < 1.29 is 14.5 Å². The molecule has 0 fully saturated rings. The van der Waals surface area contributed by atoms with Gasteiger partial charge in [-0.05, 0) is 53.6 Å². The fourth-order valence-electron chi connectivity index (χ4n) is 2.45. The standard InChI is InChI=1S/C21H16BrN3O4/c22-17-9-5-16(6-10-17)14-29-18-11-7-15(8-12-18)13-23-24-21(26)19-3-1-2-4-20(19)25(27)28/h1-13H,14H2,(H,24,26). The van der Waals surface area contributed by atoms with Gasteiger partial charge in [0.05, 0.1) is 11.1 Å². The monoisotopic (exact) mass is 453 g/mol. The molecule has 0 aliphatic heterocycles. The minimum atomic E-state index is -0.650. The Kier molecular flexibility index (Phi) is 6.70. The molecule has 146 valence electrons. The SMILES string of the molecule is O=C(NN=Cc1ccc(OCc2ccc(Br)cc2)cc1)c1ccccc1[N+](=O)[O-]. The highest BCUT2D eigenvalue weighted by atomic mass is 79.9. The third-order valence-electron chi connectivity index (χ3n) is 3.92. The van der Waals surface area contributed by atoms with Gasteiger partial charge >= 0.3 is 0 Å². The van der Waals surface area contributed by atoms with Gasteiger partial charge in [0.2, 0.25) is 0 Å². The number of nitrogens with zero attached hydrogens (tertiary/aromatic N) is 2. The minimum absolute atomic E-state index is 0.0497. The molecule has 7 nitrogen and oxygen atoms in total. The predicted octanol–water partition coefficient (Wildman–Crippen LogP) is 4.70. The Morgan fingerprint density at radius 3 is 2.45 bits per heavy atom. The van der Waals surface area contributed by atoms with Crippen molar-refractivity contribution in [2.24, 2.45) is 5.10 Å². The Bertz CT molecular complexity index is 1030. The Labute approximate surface area is 175 Å². The number of hydrogen-bond acceptors (Lipinski definition) is 5. The van der Waals surface area contributed by atoms with Crippen LogP contribution in [-0.2, 0) is 6.61 Å². The first-order valence-corrected chi connectivity index (χ1v) is 9.36. The summed E-state index contributed by atoms with van der Waals surface area (Å²) >= 11 is 3.39. The van der Waals surface area contributed by atoms with E-state index in [0.717, 1.165) is 15.6 Å². The molecule has 3 aromatic rings. The molecule has 0 aromatic heterocycles. The lowest BCUT2D eigenvalue weighted by Crippen LogP contribution is -2.18. The molecule has 0 heterocycles. The number of hydrogen-bond donors (Lipinski definition) is 1. The quantitative estimate of drug-likeness (QED) is 0.318. The third kappa shape index (κ3) is 5.73. The van der Waals surface area contributed by atoms with Gasteiger partial charge in [0.25, 0.3) is 11.6 Å². The Morgan fingerprint density at radius 1 is 1.07 bits per heavy atom. The lowest BCUT2D eigenvalue weighted by molar-refractivity contribution is -0.385. The van der Waals surface area contributed by atoms with E-state index < -0.39 is 10.8 Å². The molecule has 0 aliphatic carbocycles. The second-order valence-corrected chi connectivity index (χ2v) is 6.87. The molecule has 0 saturated carbocycles. The summed E-state index contributed by atoms with van der Waals surface area (Å²) in [5.41, 5.74) is 3.77. The zero-order chi connectivity index (χ0) is 20.6. The summed E-state index contributed by atoms with van der Waals surface area (Å²) in [5.74, 6) is 0.0528. The summed E-state index contributed by atoms with van der Waals surface area (Å²) in [7, 11) is 0. The molecule has 0 radical (unpaired) electrons. The van der Waals surface area contributed by atoms with Crippen molar-refractivity contribution in [3.63, 3.8) is 0 Å². The van der Waals surface area contributed by atoms with Gasteiger partial charge in [-0.15, -0.1) is 0 Å². The van der Waals surface area contributed by atoms with Crippen LogP contribution in [0, 0.1) is 10.1 Å². The summed E-state index contributed by atoms with van der Waals surface area (Å²) in [4.78, 5) is 22.5. The highest BCUT2D eigenvalue weighted by Crippen LogP contribution is 2.17. The van der Waals surface area contributed by atoms with E-state index in [4.69, 9.17) is 4.74 Å². The zero-order valence-electron chi connectivity index (χ0n) is 15.1. The van der Waals surface area contributed by atoms with Crippen molar-refractivity contribution in [1.29, 1.82) is 0 Å². The van der Waals surface area contributed by atoms with Crippen LogP contribution in [0.4, 0.5) is 5.69 Å². The minimum Gasteiger partial charge on any atom is -0.489 e. The molecule has 29 heavy (non-hydrogen) atoms. The number of ether oxygens (including phenoxy) is 1. The van der Waals surface area contributed by atoms with Crippen LogP contribution in [0.3, 0.4) is 0 Å². The van der Waals surface area contributed by atoms with Crippen molar-refractivity contribution >= 4 is 33.7 Å². The molecule has 1 N–H and O–H groups in total. The number of nitrogens with one attached hydrogen (secondary N) is 1. The predicted molar refractivity (Wildman–Crippen MR) is 113 cm³/mol. The van der Waals surface area contributed by atoms with E-state index in [1.165, 1.54) is 24.4 Å². The van der Waals surface area contributed by atoms with Crippen LogP contribution in [0.2, 0.25) is 0 Å². The molecule has 0 aliphatic rings. The molecule has 8 heteroatoms. The van der Waals surface area contributed by atoms with E-state index in [2.05, 4.69) is 26.5 Å². The van der Waals surface area contributed by atoms with Gasteiger partial charge in [0.1, 0.15) is 17.9 Å². The maximum atomic E-state index is 12.1. The average Bonchev–Trinajstić information content (AvgIpc) is 2.74. The van der Waals surface area contributed by atoms with Crippen molar-refractivity contribution in [2.75, 3.05) is 0 Å². The number of halogens is 1. The normalized spacial score (nSPS) is 10.7. The summed E-state index contributed by atoms with van der Waals surface area (Å²) in [6, 6.07) is 20.7. The van der Waals surface area contributed by atoms with Gasteiger partial charge in [-0.1, -0.05) is 40.2 Å². The number of rotatable bonds is 7. The van der Waals surface area contributed by atoms with E-state index in [1.807, 2.05) is 24.3 Å². The highest BCUT2D eigenvalue weighted by molar-refractivity contribution is 9.10. The van der Waals surface area contributed by atoms with Gasteiger partial charge in [0.15, 0.2) is 0 Å². The molecule has 0 spiro atoms. The average molecular weight is 454 g/mol. The van der Waals surface area contributed by atoms with Crippen molar-refractivity contribution in [1.82, 2.24) is 5.43 Å². The lowest BCUT2D eigenvalue weighted by atomic mass is 10.2. The molecule has 0 bridgehead atoms. The van der Waals surface area contributed by atoms with Crippen LogP contribution in [-0.4, -0.2) is 17.0 Å². The number of nitro benzene ring substituents is 1. The highest BCUT2D eigenvalue weighted by Gasteiger charge is 2.18. The Morgan fingerprint density at radius 2 is 1.76 bits per heavy atom. The fourth-order valence-corrected chi connectivity index (χ4v) is 2.71. The summed E-state index contributed by atoms with van der Waals surface area (Å²) in [6.45, 7) is 0.451. The maximum absolute atomic E-state index is 12.1. The number of amides is 1. The number of nitro groups is 1. The van der Waals surface area contributed by atoms with Gasteiger partial charge < -0.3 is 4.74 Å². The lowest BCUT2D eigenvalue weighted by Gasteiger charge is -2.06. The van der Waals surface area contributed by atoms with Crippen LogP contribution in [0.1, 0.15) is 21.5 Å². The van der Waals surface area contributed by atoms with Crippen molar-refractivity contribution in [3.8, 4) is 5.75 Å². The topological polar surface area (TPSA) is 93.8 Å². The maximum Gasteiger partial charge on any atom is 0.282 e. The van der Waals surface area contributed by atoms with Gasteiger partial charge in [-0.3, -0.25) is 14.9 Å². The van der Waals surface area contributed by atoms with Crippen molar-refractivity contribution in [3.05, 3.63) is 104 Å². The van der Waals surface area contributed by atoms with E-state index in [1.54, 1.807) is 30.3 Å². The molecular weight excluding hydrogens is 438 g/mol. The summed E-state index contributed by atoms with van der Waals surface area (Å²) in [6.07, 6.45) is 1.45. The van der Waals surface area contributed by atoms with Crippen LogP contribution in [0.5, 0.6) is 5.75 Å². The van der Waals surface area contributed by atoms with Crippen LogP contribution in [0.25, 0.3) is 0 Å². The number of carbonyl (C=O) groups excluding carboxylic acids is 1. The molecule has 0 atom stereocenters. The van der Waals surface area contributed by atoms with E-state index in [9.17, 15) is 14.9 Å². The van der Waals surface area contributed by atoms with Crippen LogP contribution < -0.4 is 10.2 Å². The smallest absolute Gasteiger partial charge is 0.282 e. The second kappa shape index (κ2) is 9.61. The second-order valence-electron chi connectivity index (χ2n) is 5.96. The molecule has 3 rings (SSSR count). The third-order valence-corrected chi connectivity index (χ3v) is 4.45. The Hall–Kier alpha value is -3.52. The largest absolute Gasteiger partial charge is 0.489 e. The first-order chi connectivity index (χ1) is 14.0. The number of para-hydroxylation sites is 1. The van der Waals surface area contributed by atoms with Crippen LogP contribution >= 0.6 is 15.9 Å². The first-order valence-electron chi connectivity index (χ1n) is 8.57. The molecule has 0 saturated heterocycles. The van der Waals surface area contributed by atoms with Gasteiger partial charge in [-0.25, -0.2) is 5.43 Å². The zero-order valence-corrected chi connectivity index (χ0v) is 16.7. The number of hydrazone groups is 1. The van der Waals surface area contributed by atoms with Crippen molar-refractivity contribution in [2.45, 2.75) is 6.61 Å². The van der Waals surface area contributed by atoms with Gasteiger partial charge in [-0.2, -0.15) is 5.10 Å². The van der Waals surface area contributed by atoms with Gasteiger partial charge in [0, 0.05) is 10.5 Å². The van der Waals surface area contributed by atoms with Crippen LogP contribution in [0.15, 0.2) is 82.4 Å². The molecular formula is C21H16BrN3O4. The Balaban J connectivity index is 1.55. The van der Waals surface area contributed by atoms with E-state index in [0.29, 0.717) is 12.4 Å². The summed E-state index contributed by atoms with van der Waals surface area (Å²) < 4.78 is 6.74.